The van der Waals surface area contributed by atoms with Crippen LogP contribution >= 0.6 is 0 Å². The van der Waals surface area contributed by atoms with Gasteiger partial charge in [0.2, 0.25) is 6.79 Å². The molecule has 0 fully saturated rings. The van der Waals surface area contributed by atoms with E-state index in [-0.39, 0.29) is 37.6 Å². The molecule has 0 spiro atoms. The Hall–Kier alpha value is -3.17. The minimum absolute atomic E-state index is 0.000196. The van der Waals surface area contributed by atoms with Crippen molar-refractivity contribution in [2.75, 3.05) is 20.4 Å². The molecule has 6 nitrogen and oxygen atoms in total. The average Bonchev–Trinajstić information content (AvgIpc) is 3.13. The van der Waals surface area contributed by atoms with Gasteiger partial charge in [0.15, 0.2) is 17.5 Å². The summed E-state index contributed by atoms with van der Waals surface area (Å²) in [4.78, 5) is 4.02. The molecule has 29 heavy (non-hydrogen) atoms. The number of alkyl halides is 2. The summed E-state index contributed by atoms with van der Waals surface area (Å²) in [6, 6.07) is 6.14. The molecule has 10 heteroatoms. The van der Waals surface area contributed by atoms with E-state index in [1.54, 1.807) is 6.07 Å². The van der Waals surface area contributed by atoms with Crippen LogP contribution in [0, 0.1) is 11.6 Å². The van der Waals surface area contributed by atoms with Gasteiger partial charge in [0, 0.05) is 31.8 Å². The minimum Gasteiger partial charge on any atom is -0.454 e. The largest absolute Gasteiger partial charge is 0.454 e. The molecule has 0 bridgehead atoms. The highest BCUT2D eigenvalue weighted by atomic mass is 19.3. The Balaban J connectivity index is 1.60. The molecule has 0 amide bonds. The number of ether oxygens (including phenoxy) is 3. The first kappa shape index (κ1) is 20.6. The maximum absolute atomic E-state index is 13.7. The number of rotatable bonds is 7. The SMILES string of the molecule is CN=C(NCCc1cc(F)ccc1F)NCc1cc2c(cc1OC(F)F)OCO2. The van der Waals surface area contributed by atoms with Crippen molar-refractivity contribution < 1.29 is 31.8 Å². The van der Waals surface area contributed by atoms with Crippen LogP contribution in [-0.4, -0.2) is 33.0 Å². The van der Waals surface area contributed by atoms with Gasteiger partial charge in [-0.3, -0.25) is 4.99 Å². The van der Waals surface area contributed by atoms with E-state index < -0.39 is 18.2 Å². The molecule has 2 aromatic rings. The zero-order valence-electron chi connectivity index (χ0n) is 15.5. The van der Waals surface area contributed by atoms with Gasteiger partial charge < -0.3 is 24.8 Å². The topological polar surface area (TPSA) is 64.1 Å². The third-order valence-corrected chi connectivity index (χ3v) is 4.14. The second-order valence-electron chi connectivity index (χ2n) is 6.03. The molecule has 0 unspecified atom stereocenters. The fourth-order valence-corrected chi connectivity index (χ4v) is 2.76. The first-order chi connectivity index (χ1) is 14.0. The molecular weight excluding hydrogens is 394 g/mol. The highest BCUT2D eigenvalue weighted by Crippen LogP contribution is 2.38. The third kappa shape index (κ3) is 5.43. The Morgan fingerprint density at radius 1 is 1.10 bits per heavy atom. The van der Waals surface area contributed by atoms with Crippen molar-refractivity contribution in [3.63, 3.8) is 0 Å². The maximum atomic E-state index is 13.7. The standard InChI is InChI=1S/C19H19F4N3O3/c1-24-19(25-5-4-11-6-13(20)2-3-14(11)21)26-9-12-7-16-17(28-10-27-16)8-15(12)29-18(22)23/h2-3,6-8,18H,4-5,9-10H2,1H3,(H2,24,25,26). The molecule has 0 aromatic heterocycles. The molecule has 0 aliphatic carbocycles. The number of fused-ring (bicyclic) bond motifs is 1. The van der Waals surface area contributed by atoms with Crippen LogP contribution in [0.25, 0.3) is 0 Å². The van der Waals surface area contributed by atoms with Gasteiger partial charge in [0.05, 0.1) is 0 Å². The summed E-state index contributed by atoms with van der Waals surface area (Å²) in [7, 11) is 1.52. The first-order valence-electron chi connectivity index (χ1n) is 8.72. The second-order valence-corrected chi connectivity index (χ2v) is 6.03. The van der Waals surface area contributed by atoms with Crippen LogP contribution in [0.5, 0.6) is 17.2 Å². The number of nitrogens with zero attached hydrogens (tertiary/aromatic N) is 1. The lowest BCUT2D eigenvalue weighted by Crippen LogP contribution is -2.38. The van der Waals surface area contributed by atoms with E-state index in [2.05, 4.69) is 20.4 Å². The van der Waals surface area contributed by atoms with Gasteiger partial charge in [-0.15, -0.1) is 0 Å². The van der Waals surface area contributed by atoms with Crippen LogP contribution in [0.3, 0.4) is 0 Å². The number of guanidine groups is 1. The number of halogens is 4. The third-order valence-electron chi connectivity index (χ3n) is 4.14. The van der Waals surface area contributed by atoms with Gasteiger partial charge in [-0.2, -0.15) is 8.78 Å². The summed E-state index contributed by atoms with van der Waals surface area (Å²) in [6.07, 6.45) is 0.230. The summed E-state index contributed by atoms with van der Waals surface area (Å²) in [6.45, 7) is -2.61. The van der Waals surface area contributed by atoms with E-state index in [1.165, 1.54) is 13.1 Å². The van der Waals surface area contributed by atoms with Gasteiger partial charge in [0.1, 0.15) is 17.4 Å². The number of hydrogen-bond donors (Lipinski definition) is 2. The molecule has 3 rings (SSSR count). The normalized spacial score (nSPS) is 13.0. The second kappa shape index (κ2) is 9.35. The Kier molecular flexibility index (Phi) is 6.63. The van der Waals surface area contributed by atoms with Gasteiger partial charge in [-0.25, -0.2) is 8.78 Å². The fraction of sp³-hybridized carbons (Fsp3) is 0.316. The van der Waals surface area contributed by atoms with Crippen LogP contribution < -0.4 is 24.8 Å². The molecule has 0 saturated carbocycles. The van der Waals surface area contributed by atoms with Crippen molar-refractivity contribution in [2.24, 2.45) is 4.99 Å². The van der Waals surface area contributed by atoms with Crippen LogP contribution in [0.15, 0.2) is 35.3 Å². The molecule has 2 N–H and O–H groups in total. The lowest BCUT2D eigenvalue weighted by molar-refractivity contribution is -0.0505. The first-order valence-corrected chi connectivity index (χ1v) is 8.72. The summed E-state index contributed by atoms with van der Waals surface area (Å²) in [5.41, 5.74) is 0.644. The van der Waals surface area contributed by atoms with E-state index in [0.717, 1.165) is 18.2 Å². The predicted octanol–water partition coefficient (Wildman–Crippen LogP) is 3.20. The van der Waals surface area contributed by atoms with E-state index >= 15 is 0 Å². The Labute approximate surface area is 164 Å². The molecule has 1 aliphatic rings. The summed E-state index contributed by atoms with van der Waals surface area (Å²) < 4.78 is 67.3. The number of nitrogens with one attached hydrogen (secondary N) is 2. The highest BCUT2D eigenvalue weighted by molar-refractivity contribution is 5.79. The van der Waals surface area contributed by atoms with Crippen molar-refractivity contribution in [2.45, 2.75) is 19.6 Å². The molecule has 0 radical (unpaired) electrons. The lowest BCUT2D eigenvalue weighted by Gasteiger charge is -2.15. The van der Waals surface area contributed by atoms with Gasteiger partial charge in [-0.05, 0) is 36.2 Å². The molecule has 0 saturated heterocycles. The average molecular weight is 413 g/mol. The van der Waals surface area contributed by atoms with Gasteiger partial charge in [0.25, 0.3) is 0 Å². The van der Waals surface area contributed by atoms with Crippen LogP contribution in [0.4, 0.5) is 17.6 Å². The monoisotopic (exact) mass is 413 g/mol. The van der Waals surface area contributed by atoms with Crippen molar-refractivity contribution in [3.05, 3.63) is 53.1 Å². The number of hydrogen-bond acceptors (Lipinski definition) is 4. The van der Waals surface area contributed by atoms with Crippen LogP contribution in [-0.2, 0) is 13.0 Å². The Morgan fingerprint density at radius 2 is 1.86 bits per heavy atom. The molecule has 156 valence electrons. The highest BCUT2D eigenvalue weighted by Gasteiger charge is 2.20. The van der Waals surface area contributed by atoms with E-state index in [9.17, 15) is 17.6 Å². The van der Waals surface area contributed by atoms with Crippen molar-refractivity contribution in [1.29, 1.82) is 0 Å². The fourth-order valence-electron chi connectivity index (χ4n) is 2.76. The van der Waals surface area contributed by atoms with E-state index in [1.807, 2.05) is 0 Å². The molecular formula is C19H19F4N3O3. The van der Waals surface area contributed by atoms with Crippen LogP contribution in [0.1, 0.15) is 11.1 Å². The van der Waals surface area contributed by atoms with Crippen LogP contribution in [0.2, 0.25) is 0 Å². The summed E-state index contributed by atoms with van der Waals surface area (Å²) in [5, 5.41) is 5.90. The number of benzene rings is 2. The number of aliphatic imine (C=N–C) groups is 1. The van der Waals surface area contributed by atoms with Crippen molar-refractivity contribution in [1.82, 2.24) is 10.6 Å². The smallest absolute Gasteiger partial charge is 0.387 e. The molecule has 2 aromatic carbocycles. The lowest BCUT2D eigenvalue weighted by atomic mass is 10.1. The minimum atomic E-state index is -2.99. The van der Waals surface area contributed by atoms with Gasteiger partial charge >= 0.3 is 6.61 Å². The maximum Gasteiger partial charge on any atom is 0.387 e. The van der Waals surface area contributed by atoms with Crippen molar-refractivity contribution >= 4 is 5.96 Å². The molecule has 1 heterocycles. The zero-order valence-corrected chi connectivity index (χ0v) is 15.5. The molecule has 1 aliphatic heterocycles. The predicted molar refractivity (Wildman–Crippen MR) is 97.5 cm³/mol. The van der Waals surface area contributed by atoms with Crippen molar-refractivity contribution in [3.8, 4) is 17.2 Å². The summed E-state index contributed by atoms with van der Waals surface area (Å²) in [5.74, 6) is 0.0389. The molecule has 0 atom stereocenters. The quantitative estimate of drug-likeness (QED) is 0.415. The van der Waals surface area contributed by atoms with Gasteiger partial charge in [-0.1, -0.05) is 0 Å². The Morgan fingerprint density at radius 3 is 2.59 bits per heavy atom. The Bertz CT molecular complexity index is 893. The summed E-state index contributed by atoms with van der Waals surface area (Å²) >= 11 is 0. The zero-order chi connectivity index (χ0) is 20.8. The van der Waals surface area contributed by atoms with E-state index in [0.29, 0.717) is 23.0 Å². The van der Waals surface area contributed by atoms with E-state index in [4.69, 9.17) is 9.47 Å².